The summed E-state index contributed by atoms with van der Waals surface area (Å²) in [6.45, 7) is 2.51. The number of Topliss-reactive ketones (excluding diaryl/α,β-unsaturated/α-hetero) is 1. The Morgan fingerprint density at radius 1 is 1.00 bits per heavy atom. The van der Waals surface area contributed by atoms with Crippen LogP contribution in [-0.2, 0) is 19.6 Å². The van der Waals surface area contributed by atoms with Gasteiger partial charge in [0.25, 0.3) is 0 Å². The van der Waals surface area contributed by atoms with E-state index in [1.54, 1.807) is 0 Å². The van der Waals surface area contributed by atoms with Crippen LogP contribution in [0.1, 0.15) is 24.2 Å². The zero-order valence-corrected chi connectivity index (χ0v) is 15.3. The Labute approximate surface area is 155 Å². The third kappa shape index (κ3) is 5.18. The number of benzene rings is 2. The predicted molar refractivity (Wildman–Crippen MR) is 92.5 cm³/mol. The summed E-state index contributed by atoms with van der Waals surface area (Å²) in [5, 5.41) is 0. The molecule has 1 N–H and O–H groups in total. The topological polar surface area (TPSA) is 89.5 Å². The van der Waals surface area contributed by atoms with Gasteiger partial charge < -0.3 is 4.74 Å². The third-order valence-electron chi connectivity index (χ3n) is 3.60. The molecule has 0 aliphatic heterocycles. The minimum atomic E-state index is -4.30. The maximum atomic E-state index is 13.7. The van der Waals surface area contributed by atoms with E-state index in [0.717, 1.165) is 24.3 Å². The van der Waals surface area contributed by atoms with Crippen LogP contribution in [0.5, 0.6) is 0 Å². The largest absolute Gasteiger partial charge is 0.453 e. The minimum absolute atomic E-state index is 0.135. The molecule has 2 rings (SSSR count). The van der Waals surface area contributed by atoms with Gasteiger partial charge >= 0.3 is 5.97 Å². The van der Waals surface area contributed by atoms with E-state index in [1.165, 1.54) is 38.1 Å². The summed E-state index contributed by atoms with van der Waals surface area (Å²) in [4.78, 5) is 23.6. The Bertz CT molecular complexity index is 944. The Balaban J connectivity index is 2.03. The zero-order chi connectivity index (χ0) is 20.2. The lowest BCUT2D eigenvalue weighted by molar-refractivity contribution is -0.147. The third-order valence-corrected chi connectivity index (χ3v) is 5.18. The Hall–Kier alpha value is -2.65. The molecule has 0 amide bonds. The van der Waals surface area contributed by atoms with Crippen molar-refractivity contribution in [3.63, 3.8) is 0 Å². The monoisotopic (exact) mass is 397 g/mol. The Kier molecular flexibility index (Phi) is 6.40. The number of nitrogens with one attached hydrogen (secondary N) is 1. The van der Waals surface area contributed by atoms with E-state index in [9.17, 15) is 26.8 Å². The maximum absolute atomic E-state index is 13.7. The van der Waals surface area contributed by atoms with Crippen molar-refractivity contribution in [3.8, 4) is 0 Å². The van der Waals surface area contributed by atoms with E-state index in [0.29, 0.717) is 0 Å². The fourth-order valence-electron chi connectivity index (χ4n) is 2.19. The molecule has 0 aliphatic rings. The molecule has 0 aliphatic carbocycles. The number of rotatable bonds is 7. The van der Waals surface area contributed by atoms with Crippen molar-refractivity contribution in [3.05, 3.63) is 65.7 Å². The van der Waals surface area contributed by atoms with Crippen LogP contribution in [0.25, 0.3) is 0 Å². The molecule has 0 spiro atoms. The first-order valence-corrected chi connectivity index (χ1v) is 9.37. The molecule has 2 atom stereocenters. The maximum Gasteiger partial charge on any atom is 0.324 e. The zero-order valence-electron chi connectivity index (χ0n) is 14.5. The van der Waals surface area contributed by atoms with Crippen molar-refractivity contribution >= 4 is 21.8 Å². The Morgan fingerprint density at radius 3 is 2.19 bits per heavy atom. The summed E-state index contributed by atoms with van der Waals surface area (Å²) in [5.74, 6) is -3.08. The second-order valence-corrected chi connectivity index (χ2v) is 7.41. The lowest BCUT2D eigenvalue weighted by Gasteiger charge is -2.17. The summed E-state index contributed by atoms with van der Waals surface area (Å²) in [6, 6.07) is 7.99. The van der Waals surface area contributed by atoms with Crippen LogP contribution in [0.3, 0.4) is 0 Å². The van der Waals surface area contributed by atoms with E-state index in [1.807, 2.05) is 4.72 Å². The fourth-order valence-corrected chi connectivity index (χ4v) is 3.46. The summed E-state index contributed by atoms with van der Waals surface area (Å²) in [5.41, 5.74) is 0.135. The van der Waals surface area contributed by atoms with Crippen LogP contribution >= 0.6 is 0 Å². The molecule has 2 aromatic rings. The van der Waals surface area contributed by atoms with E-state index < -0.39 is 50.5 Å². The molecular formula is C18H17F2NO5S. The molecule has 144 valence electrons. The second kappa shape index (κ2) is 8.36. The van der Waals surface area contributed by atoms with Crippen molar-refractivity contribution in [1.29, 1.82) is 0 Å². The van der Waals surface area contributed by atoms with Gasteiger partial charge in [-0.3, -0.25) is 9.59 Å². The van der Waals surface area contributed by atoms with Gasteiger partial charge in [0, 0.05) is 5.56 Å². The number of ketones is 1. The van der Waals surface area contributed by atoms with Gasteiger partial charge in [0.1, 0.15) is 22.6 Å². The van der Waals surface area contributed by atoms with E-state index >= 15 is 0 Å². The number of hydrogen-bond donors (Lipinski definition) is 1. The molecule has 27 heavy (non-hydrogen) atoms. The van der Waals surface area contributed by atoms with Crippen LogP contribution in [0.15, 0.2) is 53.4 Å². The number of esters is 1. The quantitative estimate of drug-likeness (QED) is 0.573. The van der Waals surface area contributed by atoms with Crippen LogP contribution < -0.4 is 4.72 Å². The van der Waals surface area contributed by atoms with Crippen molar-refractivity contribution in [2.24, 2.45) is 0 Å². The first-order chi connectivity index (χ1) is 12.6. The molecule has 6 nitrogen and oxygen atoms in total. The smallest absolute Gasteiger partial charge is 0.324 e. The molecule has 2 aromatic carbocycles. The lowest BCUT2D eigenvalue weighted by atomic mass is 10.1. The minimum Gasteiger partial charge on any atom is -0.453 e. The van der Waals surface area contributed by atoms with Crippen LogP contribution in [-0.4, -0.2) is 32.3 Å². The normalized spacial score (nSPS) is 13.6. The Morgan fingerprint density at radius 2 is 1.59 bits per heavy atom. The van der Waals surface area contributed by atoms with Gasteiger partial charge in [-0.1, -0.05) is 12.1 Å². The first kappa shape index (κ1) is 20.7. The average Bonchev–Trinajstić information content (AvgIpc) is 2.61. The van der Waals surface area contributed by atoms with E-state index in [-0.39, 0.29) is 5.56 Å². The van der Waals surface area contributed by atoms with E-state index in [4.69, 9.17) is 4.74 Å². The summed E-state index contributed by atoms with van der Waals surface area (Å²) in [7, 11) is -4.30. The van der Waals surface area contributed by atoms with Crippen LogP contribution in [0.4, 0.5) is 8.78 Å². The predicted octanol–water partition coefficient (Wildman–Crippen LogP) is 2.45. The van der Waals surface area contributed by atoms with Gasteiger partial charge in [-0.2, -0.15) is 4.72 Å². The van der Waals surface area contributed by atoms with Crippen molar-refractivity contribution in [1.82, 2.24) is 4.72 Å². The van der Waals surface area contributed by atoms with Gasteiger partial charge in [-0.25, -0.2) is 17.2 Å². The number of hydrogen-bond acceptors (Lipinski definition) is 5. The van der Waals surface area contributed by atoms with Gasteiger partial charge in [0.15, 0.2) is 6.10 Å². The first-order valence-electron chi connectivity index (χ1n) is 7.89. The molecule has 0 bridgehead atoms. The lowest BCUT2D eigenvalue weighted by Crippen LogP contribution is -2.41. The number of carbonyl (C=O) groups excluding carboxylic acids is 2. The van der Waals surface area contributed by atoms with E-state index in [2.05, 4.69) is 0 Å². The standard InChI is InChI=1S/C18H17F2NO5S/c1-11(21-27(24,25)16-6-4-3-5-15(16)20)18(23)26-12(2)17(22)13-7-9-14(19)10-8-13/h3-12,21H,1-2H3/t11-,12+/m0/s1. The second-order valence-electron chi connectivity index (χ2n) is 5.72. The van der Waals surface area contributed by atoms with Crippen LogP contribution in [0, 0.1) is 11.6 Å². The fraction of sp³-hybridized carbons (Fsp3) is 0.222. The molecule has 0 aromatic heterocycles. The van der Waals surface area contributed by atoms with Gasteiger partial charge in [0.2, 0.25) is 15.8 Å². The highest BCUT2D eigenvalue weighted by Crippen LogP contribution is 2.14. The van der Waals surface area contributed by atoms with Gasteiger partial charge in [-0.15, -0.1) is 0 Å². The molecular weight excluding hydrogens is 380 g/mol. The molecule has 0 fully saturated rings. The van der Waals surface area contributed by atoms with Gasteiger partial charge in [-0.05, 0) is 50.2 Å². The van der Waals surface area contributed by atoms with Crippen molar-refractivity contribution in [2.45, 2.75) is 30.9 Å². The number of ether oxygens (including phenoxy) is 1. The number of sulfonamides is 1. The molecule has 0 saturated carbocycles. The molecule has 0 radical (unpaired) electrons. The SMILES string of the molecule is C[C@H](NS(=O)(=O)c1ccccc1F)C(=O)O[C@H](C)C(=O)c1ccc(F)cc1. The molecule has 9 heteroatoms. The summed E-state index contributed by atoms with van der Waals surface area (Å²) in [6.07, 6.45) is -1.22. The highest BCUT2D eigenvalue weighted by Gasteiger charge is 2.28. The highest BCUT2D eigenvalue weighted by atomic mass is 32.2. The molecule has 0 unspecified atom stereocenters. The number of halogens is 2. The highest BCUT2D eigenvalue weighted by molar-refractivity contribution is 7.89. The summed E-state index contributed by atoms with van der Waals surface area (Å²) >= 11 is 0. The average molecular weight is 397 g/mol. The van der Waals surface area contributed by atoms with Crippen LogP contribution in [0.2, 0.25) is 0 Å². The van der Waals surface area contributed by atoms with Gasteiger partial charge in [0.05, 0.1) is 0 Å². The number of carbonyl (C=O) groups is 2. The molecule has 0 heterocycles. The summed E-state index contributed by atoms with van der Waals surface area (Å²) < 4.78 is 57.9. The van der Waals surface area contributed by atoms with Crippen molar-refractivity contribution < 1.29 is 31.5 Å². The molecule has 0 saturated heterocycles. The van der Waals surface area contributed by atoms with Crippen molar-refractivity contribution in [2.75, 3.05) is 0 Å².